The number of halogens is 2. The number of hydrogen-bond acceptors (Lipinski definition) is 3. The van der Waals surface area contributed by atoms with Crippen molar-refractivity contribution in [2.24, 2.45) is 5.41 Å². The van der Waals surface area contributed by atoms with E-state index in [1.807, 2.05) is 28.6 Å². The molecule has 1 unspecified atom stereocenters. The third-order valence-electron chi connectivity index (χ3n) is 5.87. The molecule has 2 saturated heterocycles. The smallest absolute Gasteiger partial charge is 0.155 e. The van der Waals surface area contributed by atoms with Crippen LogP contribution >= 0.6 is 0 Å². The Labute approximate surface area is 164 Å². The van der Waals surface area contributed by atoms with Crippen molar-refractivity contribution in [2.45, 2.75) is 6.92 Å². The van der Waals surface area contributed by atoms with E-state index in [4.69, 9.17) is 0 Å². The van der Waals surface area contributed by atoms with E-state index in [2.05, 4.69) is 10.00 Å². The van der Waals surface area contributed by atoms with E-state index < -0.39 is 22.6 Å². The van der Waals surface area contributed by atoms with Gasteiger partial charge in [0.25, 0.3) is 0 Å². The molecule has 5 nitrogen and oxygen atoms in total. The lowest BCUT2D eigenvalue weighted by Gasteiger charge is -2.60. The summed E-state index contributed by atoms with van der Waals surface area (Å²) in [6, 6.07) is 9.12. The van der Waals surface area contributed by atoms with Crippen molar-refractivity contribution in [2.75, 3.05) is 37.3 Å². The first-order chi connectivity index (χ1) is 13.4. The van der Waals surface area contributed by atoms with Gasteiger partial charge in [-0.1, -0.05) is 0 Å². The number of rotatable bonds is 3. The van der Waals surface area contributed by atoms with E-state index in [0.29, 0.717) is 5.39 Å². The van der Waals surface area contributed by atoms with E-state index in [1.165, 1.54) is 23.9 Å². The third kappa shape index (κ3) is 2.58. The molecule has 2 aliphatic rings. The predicted octanol–water partition coefficient (Wildman–Crippen LogP) is 3.03. The average Bonchev–Trinajstić information content (AvgIpc) is 3.01. The van der Waals surface area contributed by atoms with Gasteiger partial charge in [0.2, 0.25) is 0 Å². The molecule has 28 heavy (non-hydrogen) atoms. The van der Waals surface area contributed by atoms with Crippen LogP contribution in [-0.2, 0) is 11.0 Å². The zero-order valence-electron chi connectivity index (χ0n) is 15.7. The number of hydrogen-bond donors (Lipinski definition) is 0. The average molecular weight is 402 g/mol. The molecule has 5 rings (SSSR count). The van der Waals surface area contributed by atoms with E-state index in [0.717, 1.165) is 37.6 Å². The molecule has 0 amide bonds. The molecule has 3 aromatic rings. The van der Waals surface area contributed by atoms with Crippen molar-refractivity contribution < 1.29 is 13.0 Å². The van der Waals surface area contributed by atoms with Gasteiger partial charge in [-0.25, -0.2) is 22.0 Å². The number of aromatic nitrogens is 2. The summed E-state index contributed by atoms with van der Waals surface area (Å²) < 4.78 is 43.3. The summed E-state index contributed by atoms with van der Waals surface area (Å²) in [7, 11) is -0.880. The van der Waals surface area contributed by atoms with Crippen molar-refractivity contribution in [3.63, 3.8) is 0 Å². The van der Waals surface area contributed by atoms with Gasteiger partial charge >= 0.3 is 0 Å². The standard InChI is InChI=1S/C20H20F2N4OS/c1-13-17(21)7-14-8-23-26(19(14)18(13)22)16-5-3-15(4-6-16)24-9-20(10-24)11-25(12-20)28(2)27/h3-8H,9-12H2,1-2H3. The van der Waals surface area contributed by atoms with Gasteiger partial charge in [-0.2, -0.15) is 5.10 Å². The molecular formula is C20H20F2N4OS. The fourth-order valence-corrected chi connectivity index (χ4v) is 5.16. The Hall–Kier alpha value is -2.32. The summed E-state index contributed by atoms with van der Waals surface area (Å²) in [5, 5.41) is 4.69. The third-order valence-corrected chi connectivity index (χ3v) is 6.86. The van der Waals surface area contributed by atoms with Crippen LogP contribution < -0.4 is 4.90 Å². The van der Waals surface area contributed by atoms with Crippen molar-refractivity contribution in [1.29, 1.82) is 0 Å². The van der Waals surface area contributed by atoms with Crippen LogP contribution in [0.25, 0.3) is 16.6 Å². The van der Waals surface area contributed by atoms with Crippen LogP contribution in [0.1, 0.15) is 5.56 Å². The molecule has 1 atom stereocenters. The topological polar surface area (TPSA) is 41.4 Å². The quantitative estimate of drug-likeness (QED) is 0.676. The maximum Gasteiger partial charge on any atom is 0.155 e. The monoisotopic (exact) mass is 402 g/mol. The highest BCUT2D eigenvalue weighted by Gasteiger charge is 2.52. The Morgan fingerprint density at radius 3 is 2.36 bits per heavy atom. The lowest BCUT2D eigenvalue weighted by molar-refractivity contribution is 0.0440. The normalized spacial score (nSPS) is 19.6. The molecule has 2 fully saturated rings. The minimum Gasteiger partial charge on any atom is -0.370 e. The minimum absolute atomic E-state index is 0.000649. The number of anilines is 1. The first-order valence-electron chi connectivity index (χ1n) is 9.13. The summed E-state index contributed by atoms with van der Waals surface area (Å²) in [6.45, 7) is 5.12. The molecule has 0 saturated carbocycles. The highest BCUT2D eigenvalue weighted by molar-refractivity contribution is 7.81. The van der Waals surface area contributed by atoms with Crippen LogP contribution in [0.3, 0.4) is 0 Å². The maximum atomic E-state index is 14.6. The van der Waals surface area contributed by atoms with Gasteiger partial charge < -0.3 is 4.90 Å². The lowest BCUT2D eigenvalue weighted by Crippen LogP contribution is -2.72. The second-order valence-corrected chi connectivity index (χ2v) is 9.25. The van der Waals surface area contributed by atoms with Crippen molar-refractivity contribution in [3.8, 4) is 5.69 Å². The van der Waals surface area contributed by atoms with Crippen LogP contribution in [0.5, 0.6) is 0 Å². The highest BCUT2D eigenvalue weighted by Crippen LogP contribution is 2.42. The Morgan fingerprint density at radius 1 is 1.07 bits per heavy atom. The highest BCUT2D eigenvalue weighted by atomic mass is 32.2. The van der Waals surface area contributed by atoms with Gasteiger partial charge in [-0.15, -0.1) is 0 Å². The van der Waals surface area contributed by atoms with E-state index >= 15 is 0 Å². The molecular weight excluding hydrogens is 382 g/mol. The van der Waals surface area contributed by atoms with E-state index in [9.17, 15) is 13.0 Å². The number of nitrogens with zero attached hydrogens (tertiary/aromatic N) is 4. The first-order valence-corrected chi connectivity index (χ1v) is 10.6. The van der Waals surface area contributed by atoms with Gasteiger partial charge in [0.15, 0.2) is 5.82 Å². The Balaban J connectivity index is 1.36. The summed E-state index contributed by atoms with van der Waals surface area (Å²) in [6.07, 6.45) is 3.20. The Kier molecular flexibility index (Phi) is 3.86. The molecule has 0 aliphatic carbocycles. The Bertz CT molecular complexity index is 1100. The molecule has 146 valence electrons. The summed E-state index contributed by atoms with van der Waals surface area (Å²) in [5.41, 5.74) is 2.39. The lowest BCUT2D eigenvalue weighted by atomic mass is 9.74. The maximum absolute atomic E-state index is 14.6. The fourth-order valence-electron chi connectivity index (χ4n) is 4.24. The van der Waals surface area contributed by atoms with Crippen LogP contribution in [0.15, 0.2) is 36.5 Å². The summed E-state index contributed by atoms with van der Waals surface area (Å²) >= 11 is 0. The fraction of sp³-hybridized carbons (Fsp3) is 0.350. The van der Waals surface area contributed by atoms with Crippen molar-refractivity contribution in [1.82, 2.24) is 14.1 Å². The first kappa shape index (κ1) is 17.8. The number of fused-ring (bicyclic) bond motifs is 1. The minimum atomic E-state index is -0.880. The molecule has 0 bridgehead atoms. The molecule has 2 aliphatic heterocycles. The van der Waals surface area contributed by atoms with E-state index in [-0.39, 0.29) is 16.5 Å². The number of benzene rings is 2. The molecule has 0 radical (unpaired) electrons. The van der Waals surface area contributed by atoms with Crippen molar-refractivity contribution >= 4 is 27.6 Å². The van der Waals surface area contributed by atoms with Gasteiger partial charge in [-0.05, 0) is 37.3 Å². The zero-order valence-corrected chi connectivity index (χ0v) is 16.5. The molecule has 2 aromatic carbocycles. The zero-order chi connectivity index (χ0) is 19.6. The van der Waals surface area contributed by atoms with E-state index in [1.54, 1.807) is 6.26 Å². The molecule has 1 spiro atoms. The summed E-state index contributed by atoms with van der Waals surface area (Å²) in [4.78, 5) is 2.29. The second kappa shape index (κ2) is 6.09. The van der Waals surface area contributed by atoms with Crippen LogP contribution in [0, 0.1) is 24.0 Å². The largest absolute Gasteiger partial charge is 0.370 e. The Morgan fingerprint density at radius 2 is 1.71 bits per heavy atom. The SMILES string of the molecule is Cc1c(F)cc2cnn(-c3ccc(N4CC5(C4)CN(S(C)=O)C5)cc3)c2c1F. The van der Waals surface area contributed by atoms with Crippen LogP contribution in [0.2, 0.25) is 0 Å². The molecule has 0 N–H and O–H groups in total. The molecule has 8 heteroatoms. The summed E-state index contributed by atoms with van der Waals surface area (Å²) in [5.74, 6) is -1.14. The second-order valence-electron chi connectivity index (χ2n) is 7.89. The van der Waals surface area contributed by atoms with Crippen molar-refractivity contribution in [3.05, 3.63) is 53.7 Å². The molecule has 1 aromatic heterocycles. The van der Waals surface area contributed by atoms with Gasteiger partial charge in [-0.3, -0.25) is 0 Å². The van der Waals surface area contributed by atoms with Gasteiger partial charge in [0, 0.05) is 54.5 Å². The van der Waals surface area contributed by atoms with Crippen LogP contribution in [0.4, 0.5) is 14.5 Å². The van der Waals surface area contributed by atoms with Gasteiger partial charge in [0.1, 0.15) is 11.3 Å². The van der Waals surface area contributed by atoms with Gasteiger partial charge in [0.05, 0.1) is 22.9 Å². The van der Waals surface area contributed by atoms with Crippen LogP contribution in [-0.4, -0.2) is 50.7 Å². The molecule has 3 heterocycles. The predicted molar refractivity (Wildman–Crippen MR) is 106 cm³/mol.